The third-order valence-corrected chi connectivity index (χ3v) is 6.47. The van der Waals surface area contributed by atoms with E-state index in [-0.39, 0.29) is 40.1 Å². The molecule has 0 aliphatic carbocycles. The molecule has 2 saturated heterocycles. The maximum atomic E-state index is 13.2. The highest BCUT2D eigenvalue weighted by molar-refractivity contribution is 6.32. The third kappa shape index (κ3) is 6.36. The number of benzene rings is 2. The van der Waals surface area contributed by atoms with Gasteiger partial charge in [-0.3, -0.25) is 14.5 Å². The van der Waals surface area contributed by atoms with Gasteiger partial charge < -0.3 is 15.0 Å². The van der Waals surface area contributed by atoms with E-state index >= 15 is 0 Å². The van der Waals surface area contributed by atoms with Crippen molar-refractivity contribution in [3.63, 3.8) is 0 Å². The molecule has 2 aromatic carbocycles. The van der Waals surface area contributed by atoms with Crippen LogP contribution >= 0.6 is 11.6 Å². The first kappa shape index (κ1) is 26.0. The van der Waals surface area contributed by atoms with E-state index < -0.39 is 18.0 Å². The van der Waals surface area contributed by atoms with Crippen molar-refractivity contribution >= 4 is 35.2 Å². The molecule has 2 unspecified atom stereocenters. The average molecular weight is 526 g/mol. The molecule has 2 aliphatic rings. The quantitative estimate of drug-likeness (QED) is 0.415. The van der Waals surface area contributed by atoms with Crippen molar-refractivity contribution in [1.29, 1.82) is 0 Å². The van der Waals surface area contributed by atoms with Crippen molar-refractivity contribution in [2.24, 2.45) is 0 Å². The molecule has 1 N–H and O–H groups in total. The topological polar surface area (TPSA) is 61.9 Å². The highest BCUT2D eigenvalue weighted by Gasteiger charge is 2.41. The van der Waals surface area contributed by atoms with Gasteiger partial charge in [0.15, 0.2) is 0 Å². The summed E-state index contributed by atoms with van der Waals surface area (Å²) in [5.74, 6) is -1.65. The van der Waals surface area contributed by atoms with Crippen LogP contribution in [-0.4, -0.2) is 53.1 Å². The minimum absolute atomic E-state index is 0.00879. The summed E-state index contributed by atoms with van der Waals surface area (Å²) < 4.78 is 55.4. The Labute approximate surface area is 210 Å². The van der Waals surface area contributed by atoms with E-state index in [1.54, 1.807) is 17.0 Å². The number of nitrogens with one attached hydrogen (secondary N) is 1. The van der Waals surface area contributed by atoms with Crippen LogP contribution in [0.15, 0.2) is 42.5 Å². The molecule has 36 heavy (non-hydrogen) atoms. The van der Waals surface area contributed by atoms with Crippen LogP contribution in [0.3, 0.4) is 0 Å². The maximum absolute atomic E-state index is 13.2. The summed E-state index contributed by atoms with van der Waals surface area (Å²) in [5, 5.41) is 2.17. The van der Waals surface area contributed by atoms with Gasteiger partial charge in [-0.25, -0.2) is 4.39 Å². The third-order valence-electron chi connectivity index (χ3n) is 6.18. The van der Waals surface area contributed by atoms with Crippen LogP contribution in [0.1, 0.15) is 30.9 Å². The second kappa shape index (κ2) is 10.5. The number of carbonyl (C=O) groups is 2. The number of likely N-dealkylation sites (tertiary alicyclic amines) is 1. The maximum Gasteiger partial charge on any atom is 0.573 e. The lowest BCUT2D eigenvalue weighted by molar-refractivity contribution is -0.274. The van der Waals surface area contributed by atoms with Crippen LogP contribution in [0.5, 0.6) is 5.75 Å². The van der Waals surface area contributed by atoms with E-state index in [9.17, 15) is 27.2 Å². The monoisotopic (exact) mass is 525 g/mol. The summed E-state index contributed by atoms with van der Waals surface area (Å²) in [7, 11) is 0. The predicted molar refractivity (Wildman–Crippen MR) is 127 cm³/mol. The fourth-order valence-corrected chi connectivity index (χ4v) is 4.98. The Morgan fingerprint density at radius 2 is 1.78 bits per heavy atom. The average Bonchev–Trinajstić information content (AvgIpc) is 3.05. The highest BCUT2D eigenvalue weighted by atomic mass is 35.5. The molecule has 2 atom stereocenters. The normalized spacial score (nSPS) is 20.1. The summed E-state index contributed by atoms with van der Waals surface area (Å²) in [5.41, 5.74) is 1.28. The zero-order valence-corrected chi connectivity index (χ0v) is 20.1. The molecule has 11 heteroatoms. The Morgan fingerprint density at radius 3 is 2.36 bits per heavy atom. The van der Waals surface area contributed by atoms with Gasteiger partial charge in [-0.2, -0.15) is 0 Å². The molecule has 0 spiro atoms. The van der Waals surface area contributed by atoms with Gasteiger partial charge in [0.25, 0.3) is 0 Å². The number of rotatable bonds is 6. The Kier molecular flexibility index (Phi) is 7.56. The molecule has 0 radical (unpaired) electrons. The van der Waals surface area contributed by atoms with Crippen molar-refractivity contribution in [3.05, 3.63) is 64.4 Å². The fraction of sp³-hybridized carbons (Fsp3) is 0.360. The first-order valence-electron chi connectivity index (χ1n) is 11.3. The standard InChI is InChI=1S/C25H24ClF4N3O3/c1-15(34)31-22-11-21(26)23(36-25(28,29)30)10-17(22)4-9-24(35)33-19-7-8-20(33)14-32(13-19)12-16-2-5-18(27)6-3-16/h2-6,9-11,19-20H,7-8,12-14H2,1H3,(H,31,34). The summed E-state index contributed by atoms with van der Waals surface area (Å²) in [6, 6.07) is 8.49. The predicted octanol–water partition coefficient (Wildman–Crippen LogP) is 5.22. The van der Waals surface area contributed by atoms with Crippen LogP contribution in [0.2, 0.25) is 5.02 Å². The van der Waals surface area contributed by atoms with E-state index in [4.69, 9.17) is 11.6 Å². The second-order valence-electron chi connectivity index (χ2n) is 8.88. The van der Waals surface area contributed by atoms with Crippen LogP contribution in [-0.2, 0) is 16.1 Å². The number of hydrogen-bond acceptors (Lipinski definition) is 4. The Bertz CT molecular complexity index is 1160. The van der Waals surface area contributed by atoms with Crippen LogP contribution in [0.25, 0.3) is 6.08 Å². The van der Waals surface area contributed by atoms with Crippen molar-refractivity contribution in [3.8, 4) is 5.75 Å². The summed E-state index contributed by atoms with van der Waals surface area (Å²) >= 11 is 5.90. The van der Waals surface area contributed by atoms with Gasteiger partial charge >= 0.3 is 6.36 Å². The smallest absolute Gasteiger partial charge is 0.404 e. The number of nitrogens with zero attached hydrogens (tertiary/aromatic N) is 2. The molecule has 4 rings (SSSR count). The van der Waals surface area contributed by atoms with E-state index in [1.807, 2.05) is 0 Å². The number of carbonyl (C=O) groups excluding carboxylic acids is 2. The summed E-state index contributed by atoms with van der Waals surface area (Å²) in [6.45, 7) is 3.22. The molecule has 192 valence electrons. The highest BCUT2D eigenvalue weighted by Crippen LogP contribution is 2.36. The number of ether oxygens (including phenoxy) is 1. The molecule has 2 aliphatic heterocycles. The van der Waals surface area contributed by atoms with Gasteiger partial charge in [0, 0.05) is 56.0 Å². The first-order chi connectivity index (χ1) is 17.0. The van der Waals surface area contributed by atoms with E-state index in [2.05, 4.69) is 15.0 Å². The summed E-state index contributed by atoms with van der Waals surface area (Å²) in [6.07, 6.45) is -0.648. The van der Waals surface area contributed by atoms with Crippen molar-refractivity contribution in [1.82, 2.24) is 9.80 Å². The number of fused-ring (bicyclic) bond motifs is 2. The largest absolute Gasteiger partial charge is 0.573 e. The van der Waals surface area contributed by atoms with Crippen molar-refractivity contribution < 1.29 is 31.9 Å². The van der Waals surface area contributed by atoms with E-state index in [1.165, 1.54) is 31.2 Å². The Morgan fingerprint density at radius 1 is 1.14 bits per heavy atom. The first-order valence-corrected chi connectivity index (χ1v) is 11.7. The Hall–Kier alpha value is -3.11. The van der Waals surface area contributed by atoms with Crippen molar-refractivity contribution in [2.75, 3.05) is 18.4 Å². The van der Waals surface area contributed by atoms with E-state index in [0.29, 0.717) is 19.6 Å². The molecular weight excluding hydrogens is 502 g/mol. The van der Waals surface area contributed by atoms with Gasteiger partial charge in [0.2, 0.25) is 11.8 Å². The lowest BCUT2D eigenvalue weighted by Gasteiger charge is -2.40. The molecule has 6 nitrogen and oxygen atoms in total. The zero-order chi connectivity index (χ0) is 26.0. The van der Waals surface area contributed by atoms with Gasteiger partial charge in [0.1, 0.15) is 11.6 Å². The molecule has 2 heterocycles. The second-order valence-corrected chi connectivity index (χ2v) is 9.29. The van der Waals surface area contributed by atoms with Gasteiger partial charge in [-0.15, -0.1) is 13.2 Å². The van der Waals surface area contributed by atoms with Gasteiger partial charge in [-0.05, 0) is 48.7 Å². The SMILES string of the molecule is CC(=O)Nc1cc(Cl)c(OC(F)(F)F)cc1C=CC(=O)N1C2CCC1CN(Cc1ccc(F)cc1)C2. The fourth-order valence-electron chi connectivity index (χ4n) is 4.78. The number of alkyl halides is 3. The lowest BCUT2D eigenvalue weighted by Crippen LogP contribution is -2.55. The number of halogens is 5. The summed E-state index contributed by atoms with van der Waals surface area (Å²) in [4.78, 5) is 28.7. The lowest BCUT2D eigenvalue weighted by atomic mass is 10.1. The number of hydrogen-bond donors (Lipinski definition) is 1. The van der Waals surface area contributed by atoms with Gasteiger partial charge in [-0.1, -0.05) is 23.7 Å². The van der Waals surface area contributed by atoms with Crippen LogP contribution in [0.4, 0.5) is 23.2 Å². The number of piperazine rings is 1. The molecule has 2 bridgehead atoms. The van der Waals surface area contributed by atoms with Crippen LogP contribution < -0.4 is 10.1 Å². The molecule has 2 aromatic rings. The Balaban J connectivity index is 1.49. The van der Waals surface area contributed by atoms with Crippen LogP contribution in [0, 0.1) is 5.82 Å². The molecule has 2 amide bonds. The molecule has 0 aromatic heterocycles. The van der Waals surface area contributed by atoms with Crippen molar-refractivity contribution in [2.45, 2.75) is 44.8 Å². The number of anilines is 1. The molecule has 2 fully saturated rings. The van der Waals surface area contributed by atoms with Gasteiger partial charge in [0.05, 0.1) is 5.02 Å². The molecule has 0 saturated carbocycles. The molecular formula is C25H24ClF4N3O3. The minimum Gasteiger partial charge on any atom is -0.404 e. The zero-order valence-electron chi connectivity index (χ0n) is 19.3. The van der Waals surface area contributed by atoms with E-state index in [0.717, 1.165) is 30.5 Å². The number of amides is 2. The minimum atomic E-state index is -4.96.